The van der Waals surface area contributed by atoms with Crippen molar-refractivity contribution in [3.05, 3.63) is 0 Å². The number of likely N-dealkylation sites (N-methyl/N-ethyl adjacent to an activating group) is 1. The number of aliphatic carboxylic acids is 1. The Morgan fingerprint density at radius 3 is 2.32 bits per heavy atom. The summed E-state index contributed by atoms with van der Waals surface area (Å²) < 4.78 is 0. The summed E-state index contributed by atoms with van der Waals surface area (Å²) in [4.78, 5) is 27.3. The zero-order valence-electron chi connectivity index (χ0n) is 11.8. The lowest BCUT2D eigenvalue weighted by Crippen LogP contribution is -2.61. The fraction of sp³-hybridized carbons (Fsp3) is 0.846. The highest BCUT2D eigenvalue weighted by Crippen LogP contribution is 2.32. The molecule has 2 atom stereocenters. The van der Waals surface area contributed by atoms with Gasteiger partial charge in [-0.15, -0.1) is 0 Å². The number of carboxylic acid groups (broad SMARTS) is 1. The van der Waals surface area contributed by atoms with Gasteiger partial charge in [-0.3, -0.25) is 0 Å². The van der Waals surface area contributed by atoms with Gasteiger partial charge < -0.3 is 20.2 Å². The highest BCUT2D eigenvalue weighted by atomic mass is 16.4. The normalized spacial score (nSPS) is 29.2. The van der Waals surface area contributed by atoms with Gasteiger partial charge in [-0.1, -0.05) is 6.92 Å². The average Bonchev–Trinajstić information content (AvgIpc) is 2.65. The molecule has 0 bridgehead atoms. The zero-order chi connectivity index (χ0) is 14.2. The van der Waals surface area contributed by atoms with Gasteiger partial charge in [0.05, 0.1) is 0 Å². The van der Waals surface area contributed by atoms with Crippen molar-refractivity contribution in [1.29, 1.82) is 0 Å². The third-order valence-electron chi connectivity index (χ3n) is 4.49. The lowest BCUT2D eigenvalue weighted by Gasteiger charge is -2.39. The summed E-state index contributed by atoms with van der Waals surface area (Å²) in [6.07, 6.45) is 1.94. The maximum atomic E-state index is 12.2. The monoisotopic (exact) mass is 269 g/mol. The minimum Gasteiger partial charge on any atom is -0.480 e. The van der Waals surface area contributed by atoms with Gasteiger partial charge in [0.2, 0.25) is 0 Å². The van der Waals surface area contributed by atoms with E-state index in [1.165, 1.54) is 0 Å². The van der Waals surface area contributed by atoms with Crippen LogP contribution in [0.25, 0.3) is 0 Å². The van der Waals surface area contributed by atoms with Crippen molar-refractivity contribution >= 4 is 12.0 Å². The van der Waals surface area contributed by atoms with Gasteiger partial charge in [0.1, 0.15) is 5.54 Å². The molecule has 1 aliphatic heterocycles. The number of carbonyl (C=O) groups is 2. The van der Waals surface area contributed by atoms with Crippen LogP contribution >= 0.6 is 0 Å². The standard InChI is InChI=1S/C13H23N3O3/c1-9-7-16(8-10(9)15(2)3)12(19)14-13(11(17)18)5-4-6-13/h9-10H,4-8H2,1-3H3,(H,14,19)(H,17,18). The molecule has 6 nitrogen and oxygen atoms in total. The lowest BCUT2D eigenvalue weighted by molar-refractivity contribution is -0.148. The Morgan fingerprint density at radius 2 is 1.95 bits per heavy atom. The smallest absolute Gasteiger partial charge is 0.329 e. The van der Waals surface area contributed by atoms with Gasteiger partial charge in [0, 0.05) is 19.1 Å². The van der Waals surface area contributed by atoms with Crippen LogP contribution < -0.4 is 5.32 Å². The topological polar surface area (TPSA) is 72.9 Å². The molecule has 6 heteroatoms. The Hall–Kier alpha value is -1.30. The van der Waals surface area contributed by atoms with E-state index in [-0.39, 0.29) is 6.03 Å². The number of amides is 2. The summed E-state index contributed by atoms with van der Waals surface area (Å²) in [6.45, 7) is 3.47. The Labute approximate surface area is 113 Å². The Morgan fingerprint density at radius 1 is 1.32 bits per heavy atom. The van der Waals surface area contributed by atoms with Gasteiger partial charge in [-0.05, 0) is 39.3 Å². The molecule has 2 fully saturated rings. The number of likely N-dealkylation sites (tertiary alicyclic amines) is 1. The van der Waals surface area contributed by atoms with Crippen molar-refractivity contribution in [2.75, 3.05) is 27.2 Å². The summed E-state index contributed by atoms with van der Waals surface area (Å²) >= 11 is 0. The van der Waals surface area contributed by atoms with Crippen LogP contribution in [0.1, 0.15) is 26.2 Å². The van der Waals surface area contributed by atoms with Gasteiger partial charge in [-0.2, -0.15) is 0 Å². The Balaban J connectivity index is 1.96. The highest BCUT2D eigenvalue weighted by Gasteiger charge is 2.47. The third-order valence-corrected chi connectivity index (χ3v) is 4.49. The lowest BCUT2D eigenvalue weighted by atomic mass is 9.77. The first kappa shape index (κ1) is 14.1. The van der Waals surface area contributed by atoms with Gasteiger partial charge in [-0.25, -0.2) is 9.59 Å². The molecule has 0 aromatic heterocycles. The Kier molecular flexibility index (Phi) is 3.71. The molecule has 1 heterocycles. The predicted molar refractivity (Wildman–Crippen MR) is 71.0 cm³/mol. The fourth-order valence-corrected chi connectivity index (χ4v) is 2.99. The molecule has 1 saturated carbocycles. The first-order valence-electron chi connectivity index (χ1n) is 6.82. The largest absolute Gasteiger partial charge is 0.480 e. The Bertz CT molecular complexity index is 379. The molecule has 2 amide bonds. The van der Waals surface area contributed by atoms with Crippen molar-refractivity contribution in [3.8, 4) is 0 Å². The van der Waals surface area contributed by atoms with Crippen molar-refractivity contribution < 1.29 is 14.7 Å². The highest BCUT2D eigenvalue weighted by molar-refractivity contribution is 5.87. The number of carbonyl (C=O) groups excluding carboxylic acids is 1. The van der Waals surface area contributed by atoms with Crippen LogP contribution in [0.2, 0.25) is 0 Å². The number of hydrogen-bond donors (Lipinski definition) is 2. The molecule has 0 spiro atoms. The quantitative estimate of drug-likeness (QED) is 0.786. The SMILES string of the molecule is CC1CN(C(=O)NC2(C(=O)O)CCC2)CC1N(C)C. The molecule has 2 rings (SSSR count). The minimum atomic E-state index is -1.02. The molecule has 0 aromatic rings. The molecular weight excluding hydrogens is 246 g/mol. The van der Waals surface area contributed by atoms with E-state index in [0.29, 0.717) is 37.9 Å². The third kappa shape index (κ3) is 2.54. The van der Waals surface area contributed by atoms with Crippen LogP contribution in [0.5, 0.6) is 0 Å². The zero-order valence-corrected chi connectivity index (χ0v) is 11.8. The maximum absolute atomic E-state index is 12.2. The predicted octanol–water partition coefficient (Wildman–Crippen LogP) is 0.585. The number of hydrogen-bond acceptors (Lipinski definition) is 3. The molecule has 108 valence electrons. The van der Waals surface area contributed by atoms with E-state index in [0.717, 1.165) is 6.42 Å². The summed E-state index contributed by atoms with van der Waals surface area (Å²) in [5.74, 6) is -0.508. The molecule has 2 N–H and O–H groups in total. The molecule has 1 aliphatic carbocycles. The van der Waals surface area contributed by atoms with Crippen LogP contribution in [-0.2, 0) is 4.79 Å². The minimum absolute atomic E-state index is 0.238. The van der Waals surface area contributed by atoms with E-state index in [1.807, 2.05) is 14.1 Å². The number of nitrogens with zero attached hydrogens (tertiary/aromatic N) is 2. The molecule has 0 aromatic carbocycles. The van der Waals surface area contributed by atoms with Gasteiger partial charge in [0.15, 0.2) is 0 Å². The van der Waals surface area contributed by atoms with E-state index in [9.17, 15) is 14.7 Å². The van der Waals surface area contributed by atoms with Crippen molar-refractivity contribution in [2.24, 2.45) is 5.92 Å². The first-order chi connectivity index (χ1) is 8.85. The van der Waals surface area contributed by atoms with Gasteiger partial charge in [0.25, 0.3) is 0 Å². The van der Waals surface area contributed by atoms with Crippen LogP contribution in [0.4, 0.5) is 4.79 Å². The van der Waals surface area contributed by atoms with Crippen molar-refractivity contribution in [1.82, 2.24) is 15.1 Å². The van der Waals surface area contributed by atoms with Crippen LogP contribution in [-0.4, -0.2) is 65.7 Å². The van der Waals surface area contributed by atoms with E-state index in [4.69, 9.17) is 0 Å². The number of urea groups is 1. The van der Waals surface area contributed by atoms with Gasteiger partial charge >= 0.3 is 12.0 Å². The van der Waals surface area contributed by atoms with Crippen LogP contribution in [0.15, 0.2) is 0 Å². The number of rotatable bonds is 3. The fourth-order valence-electron chi connectivity index (χ4n) is 2.99. The van der Waals surface area contributed by atoms with E-state index in [1.54, 1.807) is 4.90 Å². The van der Waals surface area contributed by atoms with E-state index in [2.05, 4.69) is 17.1 Å². The number of nitrogens with one attached hydrogen (secondary N) is 1. The summed E-state index contributed by atoms with van der Waals surface area (Å²) in [5.41, 5.74) is -1.02. The van der Waals surface area contributed by atoms with Crippen molar-refractivity contribution in [2.45, 2.75) is 37.8 Å². The summed E-state index contributed by atoms with van der Waals surface area (Å²) in [7, 11) is 4.01. The second-order valence-corrected chi connectivity index (χ2v) is 6.08. The maximum Gasteiger partial charge on any atom is 0.329 e. The molecule has 2 unspecified atom stereocenters. The second kappa shape index (κ2) is 5.00. The summed E-state index contributed by atoms with van der Waals surface area (Å²) in [6, 6.07) is 0.103. The molecule has 1 saturated heterocycles. The van der Waals surface area contributed by atoms with E-state index >= 15 is 0 Å². The molecular formula is C13H23N3O3. The van der Waals surface area contributed by atoms with Crippen LogP contribution in [0.3, 0.4) is 0 Å². The van der Waals surface area contributed by atoms with Crippen molar-refractivity contribution in [3.63, 3.8) is 0 Å². The summed E-state index contributed by atoms with van der Waals surface area (Å²) in [5, 5.41) is 11.9. The average molecular weight is 269 g/mol. The molecule has 19 heavy (non-hydrogen) atoms. The van der Waals surface area contributed by atoms with E-state index < -0.39 is 11.5 Å². The van der Waals surface area contributed by atoms with Crippen LogP contribution in [0, 0.1) is 5.92 Å². The molecule has 0 radical (unpaired) electrons. The number of carboxylic acids is 1. The molecule has 2 aliphatic rings. The second-order valence-electron chi connectivity index (χ2n) is 6.08. The first-order valence-corrected chi connectivity index (χ1v) is 6.82.